The van der Waals surface area contributed by atoms with E-state index in [2.05, 4.69) is 226 Å². The van der Waals surface area contributed by atoms with Crippen LogP contribution in [0.25, 0.3) is 66.1 Å². The Hall–Kier alpha value is -6.70. The van der Waals surface area contributed by atoms with Gasteiger partial charge in [0.15, 0.2) is 0 Å². The van der Waals surface area contributed by atoms with E-state index in [0.717, 1.165) is 0 Å². The number of fused-ring (bicyclic) bond motifs is 13. The van der Waals surface area contributed by atoms with E-state index >= 15 is 0 Å². The molecule has 0 bridgehead atoms. The van der Waals surface area contributed by atoms with E-state index in [1.54, 1.807) is 0 Å². The molecule has 0 fully saturated rings. The summed E-state index contributed by atoms with van der Waals surface area (Å²) in [6.07, 6.45) is 0. The van der Waals surface area contributed by atoms with Crippen molar-refractivity contribution in [3.8, 4) is 44.5 Å². The molecule has 9 aromatic rings. The molecular formula is C63H55N. The molecule has 0 N–H and O–H groups in total. The van der Waals surface area contributed by atoms with Crippen molar-refractivity contribution in [2.75, 3.05) is 4.90 Å². The summed E-state index contributed by atoms with van der Waals surface area (Å²) in [5, 5.41) is 5.29. The average molecular weight is 826 g/mol. The summed E-state index contributed by atoms with van der Waals surface area (Å²) in [6.45, 7) is 23.5. The fraction of sp³-hybridized carbons (Fsp3) is 0.206. The zero-order chi connectivity index (χ0) is 44.2. The van der Waals surface area contributed by atoms with Crippen LogP contribution in [0.3, 0.4) is 0 Å². The Morgan fingerprint density at radius 2 is 0.875 bits per heavy atom. The third kappa shape index (κ3) is 5.25. The molecule has 0 heterocycles. The van der Waals surface area contributed by atoms with E-state index in [1.165, 1.54) is 139 Å². The Bertz CT molecular complexity index is 3520. The average Bonchev–Trinajstić information content (AvgIpc) is 3.76. The highest BCUT2D eigenvalue weighted by Gasteiger charge is 2.43. The van der Waals surface area contributed by atoms with Crippen LogP contribution >= 0.6 is 0 Å². The first-order chi connectivity index (χ1) is 30.6. The van der Waals surface area contributed by atoms with E-state index in [9.17, 15) is 0 Å². The Balaban J connectivity index is 1.02. The van der Waals surface area contributed by atoms with Gasteiger partial charge < -0.3 is 4.90 Å². The molecule has 3 aliphatic carbocycles. The van der Waals surface area contributed by atoms with Crippen LogP contribution in [0.4, 0.5) is 17.1 Å². The maximum Gasteiger partial charge on any atom is 0.0490 e. The van der Waals surface area contributed by atoms with Crippen LogP contribution in [0.1, 0.15) is 97.2 Å². The van der Waals surface area contributed by atoms with Gasteiger partial charge in [-0.15, -0.1) is 0 Å². The largest absolute Gasteiger partial charge is 0.310 e. The molecule has 0 saturated heterocycles. The number of hydrogen-bond acceptors (Lipinski definition) is 1. The molecule has 0 aliphatic heterocycles. The predicted octanol–water partition coefficient (Wildman–Crippen LogP) is 17.3. The van der Waals surface area contributed by atoms with Crippen LogP contribution in [0.2, 0.25) is 0 Å². The highest BCUT2D eigenvalue weighted by atomic mass is 15.1. The van der Waals surface area contributed by atoms with Crippen molar-refractivity contribution in [3.05, 3.63) is 207 Å². The van der Waals surface area contributed by atoms with E-state index in [0.29, 0.717) is 0 Å². The summed E-state index contributed by atoms with van der Waals surface area (Å²) in [4.78, 5) is 2.53. The van der Waals surface area contributed by atoms with Gasteiger partial charge in [-0.3, -0.25) is 0 Å². The summed E-state index contributed by atoms with van der Waals surface area (Å²) < 4.78 is 0. The zero-order valence-electron chi connectivity index (χ0n) is 38.9. The van der Waals surface area contributed by atoms with Crippen LogP contribution in [-0.2, 0) is 16.2 Å². The molecule has 12 rings (SSSR count). The predicted molar refractivity (Wildman–Crippen MR) is 273 cm³/mol. The van der Waals surface area contributed by atoms with Gasteiger partial charge >= 0.3 is 0 Å². The number of nitrogens with zero attached hydrogens (tertiary/aromatic N) is 1. The topological polar surface area (TPSA) is 3.24 Å². The van der Waals surface area contributed by atoms with Gasteiger partial charge in [-0.05, 0) is 187 Å². The second-order valence-corrected chi connectivity index (χ2v) is 20.8. The van der Waals surface area contributed by atoms with Gasteiger partial charge in [0.2, 0.25) is 0 Å². The highest BCUT2D eigenvalue weighted by molar-refractivity contribution is 6.10. The van der Waals surface area contributed by atoms with Crippen molar-refractivity contribution in [2.45, 2.75) is 85.5 Å². The second kappa shape index (κ2) is 13.2. The van der Waals surface area contributed by atoms with Gasteiger partial charge in [0.05, 0.1) is 0 Å². The Morgan fingerprint density at radius 1 is 0.328 bits per heavy atom. The molecule has 3 aliphatic rings. The molecule has 0 aromatic heterocycles. The molecule has 0 amide bonds. The summed E-state index contributed by atoms with van der Waals surface area (Å²) >= 11 is 0. The zero-order valence-corrected chi connectivity index (χ0v) is 38.9. The third-order valence-electron chi connectivity index (χ3n) is 15.8. The lowest BCUT2D eigenvalue weighted by Gasteiger charge is -2.31. The highest BCUT2D eigenvalue weighted by Crippen LogP contribution is 2.59. The van der Waals surface area contributed by atoms with Gasteiger partial charge in [-0.2, -0.15) is 0 Å². The van der Waals surface area contributed by atoms with Gasteiger partial charge in [-0.25, -0.2) is 0 Å². The molecule has 0 radical (unpaired) electrons. The van der Waals surface area contributed by atoms with Gasteiger partial charge in [0.1, 0.15) is 0 Å². The Morgan fingerprint density at radius 3 is 1.62 bits per heavy atom. The number of aryl methyl sites for hydroxylation is 4. The number of rotatable bonds is 4. The minimum atomic E-state index is -0.217. The fourth-order valence-corrected chi connectivity index (χ4v) is 12.3. The first-order valence-electron chi connectivity index (χ1n) is 23.2. The first-order valence-corrected chi connectivity index (χ1v) is 23.2. The number of benzene rings is 9. The fourth-order valence-electron chi connectivity index (χ4n) is 12.3. The normalized spacial score (nSPS) is 15.4. The molecular weight excluding hydrogens is 771 g/mol. The lowest BCUT2D eigenvalue weighted by molar-refractivity contribution is 0.652. The van der Waals surface area contributed by atoms with Crippen molar-refractivity contribution in [3.63, 3.8) is 0 Å². The van der Waals surface area contributed by atoms with E-state index in [1.807, 2.05) is 0 Å². The minimum absolute atomic E-state index is 0.0925. The first kappa shape index (κ1) is 38.9. The van der Waals surface area contributed by atoms with Crippen LogP contribution in [-0.4, -0.2) is 0 Å². The monoisotopic (exact) mass is 825 g/mol. The second-order valence-electron chi connectivity index (χ2n) is 20.8. The summed E-state index contributed by atoms with van der Waals surface area (Å²) in [5.41, 5.74) is 27.5. The number of anilines is 3. The molecule has 1 nitrogen and oxygen atoms in total. The van der Waals surface area contributed by atoms with Crippen molar-refractivity contribution in [2.24, 2.45) is 0 Å². The van der Waals surface area contributed by atoms with E-state index in [-0.39, 0.29) is 16.2 Å². The summed E-state index contributed by atoms with van der Waals surface area (Å²) in [5.74, 6) is 0. The molecule has 0 saturated carbocycles. The molecule has 1 heteroatoms. The summed E-state index contributed by atoms with van der Waals surface area (Å²) in [7, 11) is 0. The van der Waals surface area contributed by atoms with Gasteiger partial charge in [0.25, 0.3) is 0 Å². The maximum atomic E-state index is 2.56. The van der Waals surface area contributed by atoms with Gasteiger partial charge in [0, 0.05) is 33.3 Å². The van der Waals surface area contributed by atoms with Crippen LogP contribution in [0.5, 0.6) is 0 Å². The van der Waals surface area contributed by atoms with E-state index < -0.39 is 0 Å². The van der Waals surface area contributed by atoms with Crippen molar-refractivity contribution >= 4 is 38.6 Å². The maximum absolute atomic E-state index is 2.56. The molecule has 0 atom stereocenters. The standard InChI is InChI=1S/C63H55N/c1-36-20-28-58(39(4)29-36)64(42-24-26-47-54(32-42)63(9,10)57-33-49(48-30-37(2)19-21-38(48)3)44-17-13-14-18-46(44)60(47)57)41-23-25-45-50-34-56-51(35-55(50)62(7,8)53(45)31-41)59-43-16-12-11-15-40(43)22-27-52(59)61(56,5)6/h11-35H,1-10H3. The lowest BCUT2D eigenvalue weighted by Crippen LogP contribution is -2.18. The van der Waals surface area contributed by atoms with Crippen molar-refractivity contribution in [1.29, 1.82) is 0 Å². The minimum Gasteiger partial charge on any atom is -0.310 e. The summed E-state index contributed by atoms with van der Waals surface area (Å²) in [6, 6.07) is 58.6. The molecule has 0 spiro atoms. The van der Waals surface area contributed by atoms with Crippen molar-refractivity contribution in [1.82, 2.24) is 0 Å². The van der Waals surface area contributed by atoms with Crippen LogP contribution < -0.4 is 4.90 Å². The van der Waals surface area contributed by atoms with E-state index in [4.69, 9.17) is 0 Å². The SMILES string of the molecule is Cc1ccc(N(c2ccc3c(c2)C(C)(C)c2cc4c(cc2-3)C(C)(C)c2ccc3ccccc3c2-4)c2ccc3c(c2)C(C)(C)c2cc(-c4cc(C)ccc4C)c4ccccc4c2-3)c(C)c1. The Labute approximate surface area is 379 Å². The smallest absolute Gasteiger partial charge is 0.0490 e. The van der Waals surface area contributed by atoms with Crippen molar-refractivity contribution < 1.29 is 0 Å². The van der Waals surface area contributed by atoms with Gasteiger partial charge in [-0.1, -0.05) is 156 Å². The lowest BCUT2D eigenvalue weighted by atomic mass is 9.79. The third-order valence-corrected chi connectivity index (χ3v) is 15.8. The molecule has 64 heavy (non-hydrogen) atoms. The Kier molecular flexibility index (Phi) is 8.02. The van der Waals surface area contributed by atoms with Crippen LogP contribution in [0.15, 0.2) is 152 Å². The number of hydrogen-bond donors (Lipinski definition) is 0. The van der Waals surface area contributed by atoms with Crippen LogP contribution in [0, 0.1) is 27.7 Å². The molecule has 312 valence electrons. The molecule has 9 aromatic carbocycles. The quantitative estimate of drug-likeness (QED) is 0.171. The molecule has 0 unspecified atom stereocenters.